The normalized spacial score (nSPS) is 25.6. The third kappa shape index (κ3) is 5.50. The van der Waals surface area contributed by atoms with Crippen molar-refractivity contribution in [3.8, 4) is 0 Å². The fraction of sp³-hybridized carbons (Fsp3) is 0.765. The molecule has 0 aromatic heterocycles. The molecule has 0 aromatic rings. The molecule has 23 heavy (non-hydrogen) atoms. The van der Waals surface area contributed by atoms with Gasteiger partial charge in [-0.05, 0) is 37.9 Å². The van der Waals surface area contributed by atoms with Gasteiger partial charge in [-0.15, -0.1) is 0 Å². The van der Waals surface area contributed by atoms with Gasteiger partial charge in [0, 0.05) is 6.42 Å². The van der Waals surface area contributed by atoms with E-state index in [4.69, 9.17) is 14.7 Å². The third-order valence-corrected chi connectivity index (χ3v) is 9.38. The summed E-state index contributed by atoms with van der Waals surface area (Å²) in [6.07, 6.45) is 2.31. The summed E-state index contributed by atoms with van der Waals surface area (Å²) in [5.41, 5.74) is 9.50. The molecular formula is C17H30N2O3Si. The zero-order valence-corrected chi connectivity index (χ0v) is 16.3. The minimum Gasteiger partial charge on any atom is -0.411 e. The van der Waals surface area contributed by atoms with Crippen molar-refractivity contribution in [1.29, 1.82) is 0 Å². The zero-order chi connectivity index (χ0) is 17.8. The fourth-order valence-corrected chi connectivity index (χ4v) is 3.80. The lowest BCUT2D eigenvalue weighted by Crippen LogP contribution is -2.50. The van der Waals surface area contributed by atoms with E-state index in [1.807, 2.05) is 6.92 Å². The summed E-state index contributed by atoms with van der Waals surface area (Å²) in [6, 6.07) is 0. The second kappa shape index (κ2) is 7.66. The Morgan fingerprint density at radius 1 is 1.43 bits per heavy atom. The zero-order valence-electron chi connectivity index (χ0n) is 15.3. The van der Waals surface area contributed by atoms with Crippen molar-refractivity contribution in [1.82, 2.24) is 0 Å². The van der Waals surface area contributed by atoms with Gasteiger partial charge in [0.25, 0.3) is 0 Å². The van der Waals surface area contributed by atoms with E-state index in [1.165, 1.54) is 0 Å². The summed E-state index contributed by atoms with van der Waals surface area (Å²) in [4.78, 5) is 14.7. The number of hydrogen-bond donors (Lipinski definition) is 0. The van der Waals surface area contributed by atoms with E-state index >= 15 is 0 Å². The summed E-state index contributed by atoms with van der Waals surface area (Å²) in [5.74, 6) is -0.260. The van der Waals surface area contributed by atoms with Gasteiger partial charge in [-0.1, -0.05) is 32.9 Å². The van der Waals surface area contributed by atoms with Gasteiger partial charge in [-0.3, -0.25) is 4.79 Å². The fourth-order valence-electron chi connectivity index (χ4n) is 2.42. The molecule has 0 N–H and O–H groups in total. The Hall–Kier alpha value is -1.07. The maximum Gasteiger partial charge on any atom is 0.323 e. The lowest BCUT2D eigenvalue weighted by atomic mass is 9.95. The van der Waals surface area contributed by atoms with Crippen LogP contribution in [0.5, 0.6) is 0 Å². The predicted octanol–water partition coefficient (Wildman–Crippen LogP) is 3.76. The van der Waals surface area contributed by atoms with E-state index in [0.29, 0.717) is 0 Å². The van der Waals surface area contributed by atoms with E-state index < -0.39 is 8.32 Å². The Morgan fingerprint density at radius 3 is 2.52 bits per heavy atom. The molecule has 1 heterocycles. The molecule has 1 aliphatic rings. The molecule has 0 bridgehead atoms. The van der Waals surface area contributed by atoms with Gasteiger partial charge in [0.15, 0.2) is 8.32 Å². The molecule has 0 radical (unpaired) electrons. The van der Waals surface area contributed by atoms with E-state index in [9.17, 15) is 4.79 Å². The molecule has 5 nitrogen and oxygen atoms in total. The summed E-state index contributed by atoms with van der Waals surface area (Å²) in [6.45, 7) is 16.9. The van der Waals surface area contributed by atoms with E-state index in [2.05, 4.69) is 45.2 Å². The minimum absolute atomic E-state index is 0.0434. The van der Waals surface area contributed by atoms with Crippen molar-refractivity contribution in [2.45, 2.75) is 83.4 Å². The van der Waals surface area contributed by atoms with Gasteiger partial charge in [0.05, 0.1) is 18.3 Å². The van der Waals surface area contributed by atoms with Crippen LogP contribution in [0.2, 0.25) is 18.1 Å². The Kier molecular flexibility index (Phi) is 6.66. The second-order valence-corrected chi connectivity index (χ2v) is 12.7. The van der Waals surface area contributed by atoms with Crippen molar-refractivity contribution >= 4 is 20.3 Å². The first-order valence-electron chi connectivity index (χ1n) is 8.17. The molecule has 1 rings (SSSR count). The Morgan fingerprint density at radius 2 is 2.04 bits per heavy atom. The average molecular weight is 339 g/mol. The Balaban J connectivity index is 2.91. The van der Waals surface area contributed by atoms with Crippen LogP contribution in [0.25, 0.3) is 5.53 Å². The molecule has 0 saturated carbocycles. The van der Waals surface area contributed by atoms with E-state index in [0.717, 1.165) is 24.6 Å². The van der Waals surface area contributed by atoms with Gasteiger partial charge in [0.2, 0.25) is 5.78 Å². The molecule has 0 aromatic carbocycles. The summed E-state index contributed by atoms with van der Waals surface area (Å²) in [7, 11) is -1.95. The van der Waals surface area contributed by atoms with Crippen LogP contribution in [0.1, 0.15) is 47.0 Å². The molecule has 0 unspecified atom stereocenters. The number of hydrogen-bond acceptors (Lipinski definition) is 3. The van der Waals surface area contributed by atoms with Crippen molar-refractivity contribution in [2.24, 2.45) is 0 Å². The lowest BCUT2D eigenvalue weighted by Gasteiger charge is -2.44. The predicted molar refractivity (Wildman–Crippen MR) is 94.1 cm³/mol. The largest absolute Gasteiger partial charge is 0.411 e. The molecule has 0 spiro atoms. The number of ketones is 1. The highest BCUT2D eigenvalue weighted by Gasteiger charge is 2.43. The second-order valence-electron chi connectivity index (χ2n) is 7.92. The molecule has 6 heteroatoms. The molecule has 1 saturated heterocycles. The standard InChI is InChI=1S/C17H30N2O3Si/c1-12(2)14-8-9-15(22-23(6,7)17(3,4)5)16(21-14)10-13(20)11-19-18/h11,14-16H,1,8-10H2,2-7H3/t14-,15+,16-/m1/s1. The monoisotopic (exact) mass is 338 g/mol. The third-order valence-electron chi connectivity index (χ3n) is 4.87. The van der Waals surface area contributed by atoms with Crippen LogP contribution in [0.15, 0.2) is 12.2 Å². The van der Waals surface area contributed by atoms with Gasteiger partial charge in [-0.25, -0.2) is 0 Å². The number of carbonyl (C=O) groups excluding carboxylic acids is 1. The average Bonchev–Trinajstić information content (AvgIpc) is 2.39. The van der Waals surface area contributed by atoms with Crippen LogP contribution in [0, 0.1) is 0 Å². The summed E-state index contributed by atoms with van der Waals surface area (Å²) >= 11 is 0. The maximum absolute atomic E-state index is 11.8. The molecule has 3 atom stereocenters. The van der Waals surface area contributed by atoms with Crippen LogP contribution in [0.3, 0.4) is 0 Å². The van der Waals surface area contributed by atoms with Crippen LogP contribution < -0.4 is 0 Å². The summed E-state index contributed by atoms with van der Waals surface area (Å²) < 4.78 is 12.6. The molecule has 0 amide bonds. The highest BCUT2D eigenvalue weighted by molar-refractivity contribution is 6.74. The maximum atomic E-state index is 11.8. The van der Waals surface area contributed by atoms with Gasteiger partial charge in [0.1, 0.15) is 0 Å². The lowest BCUT2D eigenvalue weighted by molar-refractivity contribution is -0.130. The SMILES string of the molecule is C=C(C)[C@H]1CC[C@H](O[Si](C)(C)C(C)(C)C)[C@@H](CC(=O)C=[N+]=[N-])O1. The molecule has 130 valence electrons. The van der Waals surface area contributed by atoms with Crippen LogP contribution in [0.4, 0.5) is 0 Å². The Bertz CT molecular complexity index is 504. The van der Waals surface area contributed by atoms with Gasteiger partial charge >= 0.3 is 6.21 Å². The van der Waals surface area contributed by atoms with Crippen LogP contribution in [-0.2, 0) is 14.0 Å². The van der Waals surface area contributed by atoms with Crippen LogP contribution >= 0.6 is 0 Å². The smallest absolute Gasteiger partial charge is 0.323 e. The first kappa shape index (κ1) is 20.0. The first-order chi connectivity index (χ1) is 10.5. The minimum atomic E-state index is -1.95. The number of carbonyl (C=O) groups is 1. The van der Waals surface area contributed by atoms with Crippen molar-refractivity contribution < 1.29 is 18.7 Å². The molecule has 1 fully saturated rings. The summed E-state index contributed by atoms with van der Waals surface area (Å²) in [5, 5.41) is 0.0965. The van der Waals surface area contributed by atoms with Crippen molar-refractivity contribution in [3.63, 3.8) is 0 Å². The quantitative estimate of drug-likeness (QED) is 0.243. The number of ether oxygens (including phenoxy) is 1. The van der Waals surface area contributed by atoms with Gasteiger partial charge < -0.3 is 14.7 Å². The topological polar surface area (TPSA) is 71.9 Å². The van der Waals surface area contributed by atoms with E-state index in [-0.39, 0.29) is 35.6 Å². The van der Waals surface area contributed by atoms with Crippen molar-refractivity contribution in [2.75, 3.05) is 0 Å². The molecule has 1 aliphatic heterocycles. The van der Waals surface area contributed by atoms with Crippen LogP contribution in [-0.4, -0.2) is 43.4 Å². The van der Waals surface area contributed by atoms with E-state index in [1.54, 1.807) is 0 Å². The van der Waals surface area contributed by atoms with Crippen molar-refractivity contribution in [3.05, 3.63) is 17.7 Å². The molecule has 0 aliphatic carbocycles. The molecular weight excluding hydrogens is 308 g/mol. The first-order valence-corrected chi connectivity index (χ1v) is 11.1. The number of Topliss-reactive ketones (excluding diaryl/α,β-unsaturated/α-hetero) is 1. The van der Waals surface area contributed by atoms with Gasteiger partial charge in [-0.2, -0.15) is 4.79 Å². The number of nitrogens with zero attached hydrogens (tertiary/aromatic N) is 2. The highest BCUT2D eigenvalue weighted by atomic mass is 28.4. The highest BCUT2D eigenvalue weighted by Crippen LogP contribution is 2.40. The Labute approximate surface area is 140 Å². The number of rotatable bonds is 6.